The van der Waals surface area contributed by atoms with Gasteiger partial charge in [-0.05, 0) is 31.4 Å². The van der Waals surface area contributed by atoms with Crippen LogP contribution in [-0.2, 0) is 21.6 Å². The van der Waals surface area contributed by atoms with Crippen LogP contribution in [0, 0.1) is 6.92 Å². The quantitative estimate of drug-likeness (QED) is 0.677. The van der Waals surface area contributed by atoms with Gasteiger partial charge in [0, 0.05) is 4.88 Å². The zero-order valence-electron chi connectivity index (χ0n) is 13.4. The van der Waals surface area contributed by atoms with E-state index >= 15 is 0 Å². The fourth-order valence-corrected chi connectivity index (χ4v) is 3.50. The number of esters is 1. The number of nitrogens with one attached hydrogen (secondary N) is 1. The lowest BCUT2D eigenvalue weighted by Gasteiger charge is -2.19. The second-order valence-electron chi connectivity index (χ2n) is 5.60. The van der Waals surface area contributed by atoms with Crippen LogP contribution in [0.5, 0.6) is 0 Å². The molecule has 0 radical (unpaired) electrons. The maximum atomic E-state index is 12.7. The molecule has 0 aliphatic carbocycles. The Balaban J connectivity index is 1.85. The molecule has 0 bridgehead atoms. The fraction of sp³-hybridized carbons (Fsp3) is 0.312. The number of carbonyl (C=O) groups excluding carboxylic acids is 3. The second-order valence-corrected chi connectivity index (χ2v) is 6.55. The van der Waals surface area contributed by atoms with Gasteiger partial charge in [-0.3, -0.25) is 9.69 Å². The summed E-state index contributed by atoms with van der Waals surface area (Å²) in [4.78, 5) is 38.5. The van der Waals surface area contributed by atoms with Gasteiger partial charge < -0.3 is 14.5 Å². The number of furan rings is 1. The van der Waals surface area contributed by atoms with Crippen molar-refractivity contribution in [1.82, 2.24) is 10.2 Å². The van der Waals surface area contributed by atoms with Gasteiger partial charge in [-0.1, -0.05) is 6.07 Å². The Morgan fingerprint density at radius 1 is 1.46 bits per heavy atom. The second kappa shape index (κ2) is 5.79. The lowest BCUT2D eigenvalue weighted by Crippen LogP contribution is -2.40. The van der Waals surface area contributed by atoms with Gasteiger partial charge in [0.1, 0.15) is 17.1 Å². The van der Waals surface area contributed by atoms with Gasteiger partial charge in [-0.2, -0.15) is 0 Å². The van der Waals surface area contributed by atoms with Gasteiger partial charge in [0.25, 0.3) is 5.91 Å². The topological polar surface area (TPSA) is 88.9 Å². The highest BCUT2D eigenvalue weighted by molar-refractivity contribution is 7.10. The maximum Gasteiger partial charge on any atom is 0.341 e. The van der Waals surface area contributed by atoms with E-state index in [4.69, 9.17) is 4.42 Å². The summed E-state index contributed by atoms with van der Waals surface area (Å²) in [5, 5.41) is 4.57. The normalized spacial score (nSPS) is 20.4. The minimum Gasteiger partial charge on any atom is -0.465 e. The molecule has 1 atom stereocenters. The molecule has 3 rings (SSSR count). The van der Waals surface area contributed by atoms with Crippen molar-refractivity contribution in [2.75, 3.05) is 7.11 Å². The summed E-state index contributed by atoms with van der Waals surface area (Å²) in [5.41, 5.74) is -0.807. The van der Waals surface area contributed by atoms with Crippen molar-refractivity contribution in [1.29, 1.82) is 0 Å². The van der Waals surface area contributed by atoms with Crippen LogP contribution in [0.25, 0.3) is 0 Å². The van der Waals surface area contributed by atoms with E-state index in [-0.39, 0.29) is 18.0 Å². The summed E-state index contributed by atoms with van der Waals surface area (Å²) in [6.45, 7) is 3.24. The Kier molecular flexibility index (Phi) is 3.92. The van der Waals surface area contributed by atoms with E-state index in [0.717, 1.165) is 9.78 Å². The monoisotopic (exact) mass is 348 g/mol. The molecule has 2 aromatic heterocycles. The van der Waals surface area contributed by atoms with Gasteiger partial charge in [0.15, 0.2) is 5.54 Å². The number of ether oxygens (including phenoxy) is 1. The molecule has 3 heterocycles. The molecular formula is C16H16N2O5S. The third kappa shape index (κ3) is 2.48. The van der Waals surface area contributed by atoms with Gasteiger partial charge in [0.05, 0.1) is 13.7 Å². The standard InChI is InChI=1S/C16H16N2O5S/c1-9-11(13(19)22-3)7-10(23-9)8-18-14(20)16(2,17-15(18)21)12-5-4-6-24-12/h4-7H,8H2,1-3H3,(H,17,21). The first-order valence-corrected chi connectivity index (χ1v) is 8.10. The number of rotatable bonds is 4. The zero-order chi connectivity index (χ0) is 17.5. The van der Waals surface area contributed by atoms with Gasteiger partial charge in [-0.25, -0.2) is 9.59 Å². The molecule has 0 aromatic carbocycles. The van der Waals surface area contributed by atoms with Gasteiger partial charge >= 0.3 is 12.0 Å². The number of imide groups is 1. The molecule has 1 aliphatic rings. The molecule has 0 spiro atoms. The number of methoxy groups -OCH3 is 1. The van der Waals surface area contributed by atoms with Crippen LogP contribution < -0.4 is 5.32 Å². The van der Waals surface area contributed by atoms with E-state index in [9.17, 15) is 14.4 Å². The molecular weight excluding hydrogens is 332 g/mol. The smallest absolute Gasteiger partial charge is 0.341 e. The van der Waals surface area contributed by atoms with Crippen molar-refractivity contribution in [2.24, 2.45) is 0 Å². The highest BCUT2D eigenvalue weighted by atomic mass is 32.1. The van der Waals surface area contributed by atoms with Crippen LogP contribution in [-0.4, -0.2) is 29.9 Å². The molecule has 0 saturated carbocycles. The van der Waals surface area contributed by atoms with Crippen molar-refractivity contribution in [3.8, 4) is 0 Å². The van der Waals surface area contributed by atoms with E-state index in [0.29, 0.717) is 11.5 Å². The Hall–Kier alpha value is -2.61. The summed E-state index contributed by atoms with van der Waals surface area (Å²) in [6, 6.07) is 4.62. The number of amides is 3. The summed E-state index contributed by atoms with van der Waals surface area (Å²) in [7, 11) is 1.28. The highest BCUT2D eigenvalue weighted by Crippen LogP contribution is 2.32. The summed E-state index contributed by atoms with van der Waals surface area (Å²) in [5.74, 6) is -0.163. The molecule has 1 N–H and O–H groups in total. The Morgan fingerprint density at radius 2 is 2.21 bits per heavy atom. The van der Waals surface area contributed by atoms with E-state index in [1.807, 2.05) is 11.4 Å². The lowest BCUT2D eigenvalue weighted by atomic mass is 10.0. The third-order valence-electron chi connectivity index (χ3n) is 3.98. The predicted molar refractivity (Wildman–Crippen MR) is 85.5 cm³/mol. The van der Waals surface area contributed by atoms with Crippen LogP contribution in [0.1, 0.15) is 33.7 Å². The Bertz CT molecular complexity index is 811. The number of hydrogen-bond donors (Lipinski definition) is 1. The summed E-state index contributed by atoms with van der Waals surface area (Å²) < 4.78 is 10.2. The number of carbonyl (C=O) groups is 3. The van der Waals surface area contributed by atoms with Crippen LogP contribution in [0.4, 0.5) is 4.79 Å². The minimum atomic E-state index is -1.09. The summed E-state index contributed by atoms with van der Waals surface area (Å²) >= 11 is 1.40. The number of thiophene rings is 1. The number of hydrogen-bond acceptors (Lipinski definition) is 6. The number of aryl methyl sites for hydroxylation is 1. The first-order valence-electron chi connectivity index (χ1n) is 7.22. The molecule has 7 nitrogen and oxygen atoms in total. The third-order valence-corrected chi connectivity index (χ3v) is 5.07. The molecule has 1 saturated heterocycles. The van der Waals surface area contributed by atoms with E-state index in [2.05, 4.69) is 10.1 Å². The molecule has 1 unspecified atom stereocenters. The van der Waals surface area contributed by atoms with Crippen molar-refractivity contribution in [3.05, 3.63) is 45.5 Å². The highest BCUT2D eigenvalue weighted by Gasteiger charge is 2.49. The maximum absolute atomic E-state index is 12.7. The lowest BCUT2D eigenvalue weighted by molar-refractivity contribution is -0.131. The molecule has 24 heavy (non-hydrogen) atoms. The first-order chi connectivity index (χ1) is 11.4. The fourth-order valence-electron chi connectivity index (χ4n) is 2.66. The van der Waals surface area contributed by atoms with Crippen molar-refractivity contribution >= 4 is 29.2 Å². The van der Waals surface area contributed by atoms with Crippen LogP contribution in [0.15, 0.2) is 28.0 Å². The minimum absolute atomic E-state index is 0.0521. The Labute approximate surface area is 142 Å². The summed E-state index contributed by atoms with van der Waals surface area (Å²) in [6.07, 6.45) is 0. The first kappa shape index (κ1) is 16.3. The van der Waals surface area contributed by atoms with Crippen LogP contribution >= 0.6 is 11.3 Å². The average molecular weight is 348 g/mol. The van der Waals surface area contributed by atoms with Crippen molar-refractivity contribution in [2.45, 2.75) is 25.9 Å². The number of urea groups is 1. The molecule has 8 heteroatoms. The number of nitrogens with zero attached hydrogens (tertiary/aromatic N) is 1. The van der Waals surface area contributed by atoms with Crippen LogP contribution in [0.2, 0.25) is 0 Å². The molecule has 126 valence electrons. The van der Waals surface area contributed by atoms with E-state index in [1.165, 1.54) is 24.5 Å². The van der Waals surface area contributed by atoms with Crippen LogP contribution in [0.3, 0.4) is 0 Å². The largest absolute Gasteiger partial charge is 0.465 e. The van der Waals surface area contributed by atoms with Gasteiger partial charge in [-0.15, -0.1) is 11.3 Å². The molecule has 3 amide bonds. The molecule has 1 aliphatic heterocycles. The predicted octanol–water partition coefficient (Wildman–Crippen LogP) is 2.40. The zero-order valence-corrected chi connectivity index (χ0v) is 14.2. The SMILES string of the molecule is COC(=O)c1cc(CN2C(=O)NC(C)(c3cccs3)C2=O)oc1C. The average Bonchev–Trinajstić information content (AvgIpc) is 3.24. The van der Waals surface area contributed by atoms with E-state index in [1.54, 1.807) is 19.9 Å². The van der Waals surface area contributed by atoms with Crippen molar-refractivity contribution < 1.29 is 23.5 Å². The van der Waals surface area contributed by atoms with Gasteiger partial charge in [0.2, 0.25) is 0 Å². The molecule has 1 fully saturated rings. The van der Waals surface area contributed by atoms with E-state index < -0.39 is 17.5 Å². The molecule has 2 aromatic rings. The van der Waals surface area contributed by atoms with Crippen molar-refractivity contribution in [3.63, 3.8) is 0 Å². The Morgan fingerprint density at radius 3 is 2.83 bits per heavy atom.